The van der Waals surface area contributed by atoms with E-state index in [0.717, 1.165) is 15.6 Å². The van der Waals surface area contributed by atoms with Crippen LogP contribution < -0.4 is 4.90 Å². The minimum absolute atomic E-state index is 0.762. The monoisotopic (exact) mass is 266 g/mol. The second-order valence-corrected chi connectivity index (χ2v) is 3.49. The number of nitrogens with one attached hydrogen (secondary N) is 1. The summed E-state index contributed by atoms with van der Waals surface area (Å²) >= 11 is 5.76. The number of rotatable bonds is 1. The molecule has 1 N–H and O–H groups in total. The van der Waals surface area contributed by atoms with Gasteiger partial charge in [-0.25, -0.2) is 9.89 Å². The summed E-state index contributed by atoms with van der Waals surface area (Å²) in [6.45, 7) is 0. The summed E-state index contributed by atoms with van der Waals surface area (Å²) in [5.74, 6) is 0. The average molecular weight is 266 g/mol. The summed E-state index contributed by atoms with van der Waals surface area (Å²) in [5.41, 5.74) is 1.15. The first-order valence-electron chi connectivity index (χ1n) is 4.56. The number of halogens is 5. The molecule has 1 aromatic rings. The van der Waals surface area contributed by atoms with E-state index >= 15 is 0 Å². The van der Waals surface area contributed by atoms with Gasteiger partial charge in [0.25, 0.3) is 0 Å². The van der Waals surface area contributed by atoms with Gasteiger partial charge in [-0.2, -0.15) is 0 Å². The van der Waals surface area contributed by atoms with Crippen LogP contribution >= 0.6 is 11.6 Å². The van der Waals surface area contributed by atoms with E-state index in [2.05, 4.69) is 4.99 Å². The highest BCUT2D eigenvalue weighted by molar-refractivity contribution is 6.50. The molecule has 1 atom stereocenters. The predicted molar refractivity (Wildman–Crippen MR) is 59.9 cm³/mol. The van der Waals surface area contributed by atoms with Gasteiger partial charge in [0.1, 0.15) is 11.9 Å². The Morgan fingerprint density at radius 3 is 2.00 bits per heavy atom. The van der Waals surface area contributed by atoms with Crippen LogP contribution in [-0.2, 0) is 0 Å². The fourth-order valence-corrected chi connectivity index (χ4v) is 1.23. The molecule has 0 amide bonds. The Bertz CT molecular complexity index is 398. The van der Waals surface area contributed by atoms with Crippen LogP contribution in [0.25, 0.3) is 0 Å². The lowest BCUT2D eigenvalue weighted by atomic mass is 10.3. The van der Waals surface area contributed by atoms with E-state index in [9.17, 15) is 17.3 Å². The van der Waals surface area contributed by atoms with Crippen molar-refractivity contribution in [3.63, 3.8) is 0 Å². The molecule has 8 heteroatoms. The first-order chi connectivity index (χ1) is 7.86. The van der Waals surface area contributed by atoms with Gasteiger partial charge in [-0.1, -0.05) is 11.6 Å². The van der Waals surface area contributed by atoms with Crippen molar-refractivity contribution >= 4 is 30.9 Å². The molecule has 0 saturated carbocycles. The van der Waals surface area contributed by atoms with E-state index in [4.69, 9.17) is 11.6 Å². The van der Waals surface area contributed by atoms with Gasteiger partial charge < -0.3 is 17.3 Å². The zero-order chi connectivity index (χ0) is 12.9. The smallest absolute Gasteiger partial charge is 0.418 e. The van der Waals surface area contributed by atoms with Crippen LogP contribution in [0.3, 0.4) is 0 Å². The first kappa shape index (κ1) is 13.7. The number of hydrogen-bond acceptors (Lipinski definition) is 1. The molecule has 2 nitrogen and oxygen atoms in total. The minimum atomic E-state index is -6.00. The normalized spacial score (nSPS) is 17.8. The summed E-state index contributed by atoms with van der Waals surface area (Å²) in [7, 11) is -6.00. The van der Waals surface area contributed by atoms with Gasteiger partial charge in [-0.3, -0.25) is 0 Å². The molecule has 0 aromatic heterocycles. The summed E-state index contributed by atoms with van der Waals surface area (Å²) in [6, 6.07) is 7.73. The van der Waals surface area contributed by atoms with Gasteiger partial charge in [0.2, 0.25) is 0 Å². The Morgan fingerprint density at radius 1 is 1.06 bits per heavy atom. The summed E-state index contributed by atoms with van der Waals surface area (Å²) in [4.78, 5) is 5.12. The van der Waals surface area contributed by atoms with E-state index in [-0.39, 0.29) is 0 Å². The molecular weight excluding hydrogens is 258 g/mol. The third-order valence-corrected chi connectivity index (χ3v) is 1.98. The Labute approximate surface area is 100 Å². The van der Waals surface area contributed by atoms with Gasteiger partial charge in [0.15, 0.2) is 6.34 Å². The number of benzene rings is 1. The highest BCUT2D eigenvalue weighted by Gasteiger charge is 2.20. The molecule has 1 heterocycles. The molecule has 0 fully saturated rings. The zero-order valence-corrected chi connectivity index (χ0v) is 9.21. The van der Waals surface area contributed by atoms with E-state index < -0.39 is 7.25 Å². The molecule has 0 bridgehead atoms. The van der Waals surface area contributed by atoms with Crippen LogP contribution in [0.1, 0.15) is 0 Å². The van der Waals surface area contributed by atoms with Gasteiger partial charge in [-0.15, -0.1) is 0 Å². The zero-order valence-electron chi connectivity index (χ0n) is 8.46. The molecule has 0 aliphatic carbocycles. The molecule has 2 rings (SSSR count). The van der Waals surface area contributed by atoms with Crippen LogP contribution in [-0.4, -0.2) is 13.6 Å². The van der Waals surface area contributed by atoms with Gasteiger partial charge in [0, 0.05) is 17.2 Å². The molecule has 17 heavy (non-hydrogen) atoms. The first-order valence-corrected chi connectivity index (χ1v) is 4.94. The lowest BCUT2D eigenvalue weighted by Gasteiger charge is -2.03. The number of nitrogens with zero attached hydrogens (tertiary/aromatic N) is 1. The van der Waals surface area contributed by atoms with E-state index in [1.807, 2.05) is 36.8 Å². The van der Waals surface area contributed by atoms with E-state index in [1.165, 1.54) is 0 Å². The maximum atomic E-state index is 9.75. The standard InChI is InChI=1S/C9H7ClN2.BF4/c10-8-1-3-9(4-2-8)12-6-5-11-7-12;2-1(3,4)5/h1-7H;/q;-1/p+1. The van der Waals surface area contributed by atoms with E-state index in [1.54, 1.807) is 6.20 Å². The molecule has 0 saturated heterocycles. The quantitative estimate of drug-likeness (QED) is 0.594. The van der Waals surface area contributed by atoms with Crippen molar-refractivity contribution in [2.75, 3.05) is 0 Å². The molecule has 1 unspecified atom stereocenters. The highest BCUT2D eigenvalue weighted by Crippen LogP contribution is 2.10. The van der Waals surface area contributed by atoms with Crippen LogP contribution in [0.2, 0.25) is 5.02 Å². The van der Waals surface area contributed by atoms with E-state index in [0.29, 0.717) is 0 Å². The van der Waals surface area contributed by atoms with Crippen molar-refractivity contribution in [3.05, 3.63) is 41.7 Å². The van der Waals surface area contributed by atoms with Crippen LogP contribution in [0, 0.1) is 0 Å². The van der Waals surface area contributed by atoms with Crippen LogP contribution in [0.5, 0.6) is 0 Å². The Kier molecular flexibility index (Phi) is 4.71. The summed E-state index contributed by atoms with van der Waals surface area (Å²) < 4.78 is 39.0. The second-order valence-electron chi connectivity index (χ2n) is 3.05. The maximum absolute atomic E-state index is 9.75. The summed E-state index contributed by atoms with van der Waals surface area (Å²) in [5, 5.41) is 0.762. The topological polar surface area (TPSA) is 16.8 Å². The Morgan fingerprint density at radius 2 is 1.59 bits per heavy atom. The van der Waals surface area contributed by atoms with Gasteiger partial charge in [0.05, 0.1) is 6.20 Å². The molecule has 0 spiro atoms. The predicted octanol–water partition coefficient (Wildman–Crippen LogP) is 2.67. The third-order valence-electron chi connectivity index (χ3n) is 1.73. The third kappa shape index (κ3) is 6.08. The Balaban J connectivity index is 0.000000249. The fourth-order valence-electron chi connectivity index (χ4n) is 1.10. The van der Waals surface area contributed by atoms with Crippen molar-refractivity contribution in [1.82, 2.24) is 0 Å². The highest BCUT2D eigenvalue weighted by atomic mass is 35.5. The molecule has 1 aromatic carbocycles. The molecule has 1 aliphatic rings. The van der Waals surface area contributed by atoms with Crippen LogP contribution in [0.15, 0.2) is 41.7 Å². The maximum Gasteiger partial charge on any atom is 0.673 e. The molecule has 92 valence electrons. The van der Waals surface area contributed by atoms with Crippen LogP contribution in [0.4, 0.5) is 23.0 Å². The fraction of sp³-hybridized carbons (Fsp3) is 0. The SMILES string of the molecule is Clc1ccc([NH+]2C=CN=C2)cc1.F[B-](F)(F)F. The van der Waals surface area contributed by atoms with Gasteiger partial charge in [-0.05, 0) is 12.1 Å². The minimum Gasteiger partial charge on any atom is -0.418 e. The van der Waals surface area contributed by atoms with Crippen molar-refractivity contribution in [2.24, 2.45) is 4.99 Å². The number of aliphatic imine (C=N–C) groups is 1. The molecular formula is C9H8BClF4N2. The van der Waals surface area contributed by atoms with Crippen molar-refractivity contribution in [2.45, 2.75) is 0 Å². The molecule has 1 aliphatic heterocycles. The Hall–Kier alpha value is -1.34. The summed E-state index contributed by atoms with van der Waals surface area (Å²) in [6.07, 6.45) is 5.59. The molecule has 0 radical (unpaired) electrons. The lowest BCUT2D eigenvalue weighted by Crippen LogP contribution is -3.00. The number of quaternary nitrogens is 1. The number of hydrogen-bond donors (Lipinski definition) is 1. The van der Waals surface area contributed by atoms with Crippen molar-refractivity contribution in [1.29, 1.82) is 0 Å². The van der Waals surface area contributed by atoms with Crippen molar-refractivity contribution in [3.8, 4) is 0 Å². The van der Waals surface area contributed by atoms with Gasteiger partial charge >= 0.3 is 7.25 Å². The average Bonchev–Trinajstić information content (AvgIpc) is 2.69. The second kappa shape index (κ2) is 5.83. The van der Waals surface area contributed by atoms with Crippen molar-refractivity contribution < 1.29 is 22.2 Å². The largest absolute Gasteiger partial charge is 0.673 e. The lowest BCUT2D eigenvalue weighted by molar-refractivity contribution is -0.654.